The highest BCUT2D eigenvalue weighted by atomic mass is 16.5. The second kappa shape index (κ2) is 7.62. The van der Waals surface area contributed by atoms with Gasteiger partial charge >= 0.3 is 5.97 Å². The Kier molecular flexibility index (Phi) is 5.83. The van der Waals surface area contributed by atoms with Gasteiger partial charge in [0.1, 0.15) is 6.04 Å². The van der Waals surface area contributed by atoms with Crippen LogP contribution in [0.15, 0.2) is 0 Å². The number of rotatable bonds is 6. The molecule has 0 aromatic rings. The fourth-order valence-corrected chi connectivity index (χ4v) is 3.29. The van der Waals surface area contributed by atoms with Gasteiger partial charge in [-0.15, -0.1) is 0 Å². The number of amides is 1. The number of nitrogens with one attached hydrogen (secondary N) is 1. The summed E-state index contributed by atoms with van der Waals surface area (Å²) in [5.41, 5.74) is 0. The third-order valence-corrected chi connectivity index (χ3v) is 4.50. The molecule has 5 nitrogen and oxygen atoms in total. The molecule has 2 aliphatic rings. The van der Waals surface area contributed by atoms with E-state index >= 15 is 0 Å². The summed E-state index contributed by atoms with van der Waals surface area (Å²) in [6, 6.07) is -0.800. The average molecular weight is 283 g/mol. The summed E-state index contributed by atoms with van der Waals surface area (Å²) < 4.78 is 5.32. The van der Waals surface area contributed by atoms with E-state index in [1.807, 2.05) is 0 Å². The van der Waals surface area contributed by atoms with Gasteiger partial charge in [-0.25, -0.2) is 4.79 Å². The van der Waals surface area contributed by atoms with Crippen molar-refractivity contribution in [3.05, 3.63) is 0 Å². The van der Waals surface area contributed by atoms with E-state index in [4.69, 9.17) is 4.74 Å². The molecule has 0 aromatic heterocycles. The van der Waals surface area contributed by atoms with Gasteiger partial charge in [0.25, 0.3) is 0 Å². The lowest BCUT2D eigenvalue weighted by Gasteiger charge is -2.28. The Balaban J connectivity index is 1.77. The van der Waals surface area contributed by atoms with Crippen molar-refractivity contribution in [3.8, 4) is 0 Å². The van der Waals surface area contributed by atoms with Gasteiger partial charge in [-0.1, -0.05) is 25.7 Å². The van der Waals surface area contributed by atoms with E-state index in [2.05, 4.69) is 5.32 Å². The standard InChI is InChI=1S/C15H25NO4/c17-13(8-7-11-4-1-2-5-11)16-14(15(18)19)12-6-3-9-20-10-12/h11-12,14H,1-10H2,(H,16,17)(H,18,19). The molecule has 1 heterocycles. The molecule has 0 aromatic carbocycles. The van der Waals surface area contributed by atoms with Crippen LogP contribution in [-0.2, 0) is 14.3 Å². The van der Waals surface area contributed by atoms with Crippen molar-refractivity contribution in [3.63, 3.8) is 0 Å². The fraction of sp³-hybridized carbons (Fsp3) is 0.867. The van der Waals surface area contributed by atoms with Gasteiger partial charge in [0.15, 0.2) is 0 Å². The molecular formula is C15H25NO4. The molecular weight excluding hydrogens is 258 g/mol. The van der Waals surface area contributed by atoms with Crippen LogP contribution in [0, 0.1) is 11.8 Å². The topological polar surface area (TPSA) is 75.6 Å². The van der Waals surface area contributed by atoms with Crippen molar-refractivity contribution < 1.29 is 19.4 Å². The van der Waals surface area contributed by atoms with Crippen LogP contribution in [0.4, 0.5) is 0 Å². The lowest BCUT2D eigenvalue weighted by Crippen LogP contribution is -2.48. The minimum absolute atomic E-state index is 0.100. The van der Waals surface area contributed by atoms with Gasteiger partial charge in [0, 0.05) is 18.9 Å². The van der Waals surface area contributed by atoms with Gasteiger partial charge in [-0.3, -0.25) is 4.79 Å². The van der Waals surface area contributed by atoms with Crippen LogP contribution >= 0.6 is 0 Å². The van der Waals surface area contributed by atoms with Crippen LogP contribution in [0.25, 0.3) is 0 Å². The van der Waals surface area contributed by atoms with Crippen molar-refractivity contribution in [2.24, 2.45) is 11.8 Å². The highest BCUT2D eigenvalue weighted by Gasteiger charge is 2.31. The van der Waals surface area contributed by atoms with E-state index in [0.29, 0.717) is 25.6 Å². The Hall–Kier alpha value is -1.10. The maximum atomic E-state index is 11.9. The first kappa shape index (κ1) is 15.3. The predicted molar refractivity (Wildman–Crippen MR) is 74.3 cm³/mol. The van der Waals surface area contributed by atoms with E-state index in [1.165, 1.54) is 25.7 Å². The number of aliphatic carboxylic acids is 1. The predicted octanol–water partition coefficient (Wildman–Crippen LogP) is 1.95. The van der Waals surface area contributed by atoms with E-state index < -0.39 is 12.0 Å². The molecule has 2 rings (SSSR count). The molecule has 1 aliphatic carbocycles. The van der Waals surface area contributed by atoms with Gasteiger partial charge in [0.05, 0.1) is 6.61 Å². The van der Waals surface area contributed by atoms with Crippen molar-refractivity contribution in [1.82, 2.24) is 5.32 Å². The average Bonchev–Trinajstić information content (AvgIpc) is 2.96. The Labute approximate surface area is 120 Å². The van der Waals surface area contributed by atoms with Gasteiger partial charge in [-0.05, 0) is 25.2 Å². The molecule has 1 amide bonds. The molecule has 2 unspecified atom stereocenters. The van der Waals surface area contributed by atoms with Gasteiger partial charge in [0.2, 0.25) is 5.91 Å². The minimum Gasteiger partial charge on any atom is -0.480 e. The van der Waals surface area contributed by atoms with E-state index in [-0.39, 0.29) is 11.8 Å². The van der Waals surface area contributed by atoms with Crippen molar-refractivity contribution >= 4 is 11.9 Å². The molecule has 2 N–H and O–H groups in total. The fourth-order valence-electron chi connectivity index (χ4n) is 3.29. The Morgan fingerprint density at radius 3 is 2.55 bits per heavy atom. The Bertz CT molecular complexity index is 333. The second-order valence-electron chi connectivity index (χ2n) is 6.05. The number of carbonyl (C=O) groups is 2. The first-order valence-electron chi connectivity index (χ1n) is 7.76. The lowest BCUT2D eigenvalue weighted by atomic mass is 9.93. The molecule has 2 atom stereocenters. The third-order valence-electron chi connectivity index (χ3n) is 4.50. The summed E-state index contributed by atoms with van der Waals surface area (Å²) in [4.78, 5) is 23.3. The van der Waals surface area contributed by atoms with E-state index in [1.54, 1.807) is 0 Å². The number of hydrogen-bond acceptors (Lipinski definition) is 3. The number of ether oxygens (including phenoxy) is 1. The normalized spacial score (nSPS) is 25.3. The number of carboxylic acid groups (broad SMARTS) is 1. The molecule has 0 bridgehead atoms. The molecule has 2 fully saturated rings. The first-order valence-corrected chi connectivity index (χ1v) is 7.76. The number of carbonyl (C=O) groups excluding carboxylic acids is 1. The maximum absolute atomic E-state index is 11.9. The summed E-state index contributed by atoms with van der Waals surface area (Å²) in [6.45, 7) is 1.12. The van der Waals surface area contributed by atoms with Crippen LogP contribution in [0.1, 0.15) is 51.4 Å². The summed E-state index contributed by atoms with van der Waals surface area (Å²) in [6.07, 6.45) is 7.97. The summed E-state index contributed by atoms with van der Waals surface area (Å²) in [7, 11) is 0. The molecule has 1 aliphatic heterocycles. The lowest BCUT2D eigenvalue weighted by molar-refractivity contribution is -0.145. The molecule has 20 heavy (non-hydrogen) atoms. The zero-order chi connectivity index (χ0) is 14.4. The summed E-state index contributed by atoms with van der Waals surface area (Å²) in [5, 5.41) is 12.0. The van der Waals surface area contributed by atoms with Crippen LogP contribution in [0.2, 0.25) is 0 Å². The summed E-state index contributed by atoms with van der Waals surface area (Å²) in [5.74, 6) is -0.525. The van der Waals surface area contributed by atoms with Crippen LogP contribution in [-0.4, -0.2) is 36.2 Å². The molecule has 1 saturated carbocycles. The van der Waals surface area contributed by atoms with E-state index in [9.17, 15) is 14.7 Å². The van der Waals surface area contributed by atoms with Crippen molar-refractivity contribution in [1.29, 1.82) is 0 Å². The monoisotopic (exact) mass is 283 g/mol. The van der Waals surface area contributed by atoms with Crippen LogP contribution in [0.5, 0.6) is 0 Å². The maximum Gasteiger partial charge on any atom is 0.326 e. The Morgan fingerprint density at radius 2 is 1.95 bits per heavy atom. The molecule has 1 saturated heterocycles. The first-order chi connectivity index (χ1) is 9.66. The molecule has 114 valence electrons. The minimum atomic E-state index is -0.949. The Morgan fingerprint density at radius 1 is 1.20 bits per heavy atom. The number of carboxylic acids is 1. The zero-order valence-electron chi connectivity index (χ0n) is 12.0. The van der Waals surface area contributed by atoms with E-state index in [0.717, 1.165) is 19.3 Å². The van der Waals surface area contributed by atoms with Gasteiger partial charge in [-0.2, -0.15) is 0 Å². The quantitative estimate of drug-likeness (QED) is 0.781. The van der Waals surface area contributed by atoms with Crippen molar-refractivity contribution in [2.45, 2.75) is 57.4 Å². The van der Waals surface area contributed by atoms with Gasteiger partial charge < -0.3 is 15.2 Å². The third kappa shape index (κ3) is 4.47. The van der Waals surface area contributed by atoms with Crippen LogP contribution in [0.3, 0.4) is 0 Å². The smallest absolute Gasteiger partial charge is 0.326 e. The zero-order valence-corrected chi connectivity index (χ0v) is 12.0. The molecule has 5 heteroatoms. The molecule has 0 spiro atoms. The SMILES string of the molecule is O=C(CCC1CCCC1)NC(C(=O)O)C1CCCOC1. The van der Waals surface area contributed by atoms with Crippen LogP contribution < -0.4 is 5.32 Å². The second-order valence-corrected chi connectivity index (χ2v) is 6.05. The number of hydrogen-bond donors (Lipinski definition) is 2. The molecule has 0 radical (unpaired) electrons. The highest BCUT2D eigenvalue weighted by molar-refractivity contribution is 5.83. The van der Waals surface area contributed by atoms with Crippen molar-refractivity contribution in [2.75, 3.05) is 13.2 Å². The highest BCUT2D eigenvalue weighted by Crippen LogP contribution is 2.28. The largest absolute Gasteiger partial charge is 0.480 e. The summed E-state index contributed by atoms with van der Waals surface area (Å²) >= 11 is 0.